The van der Waals surface area contributed by atoms with Gasteiger partial charge in [-0.15, -0.1) is 0 Å². The highest BCUT2D eigenvalue weighted by Gasteiger charge is 2.19. The molecule has 0 amide bonds. The van der Waals surface area contributed by atoms with Crippen LogP contribution in [0.4, 0.5) is 0 Å². The van der Waals surface area contributed by atoms with Gasteiger partial charge in [0.25, 0.3) is 0 Å². The van der Waals surface area contributed by atoms with Gasteiger partial charge in [-0.3, -0.25) is 4.21 Å². The first kappa shape index (κ1) is 13.1. The topological polar surface area (TPSA) is 32.3 Å². The van der Waals surface area contributed by atoms with Crippen molar-refractivity contribution in [1.29, 1.82) is 0 Å². The average Bonchev–Trinajstić information content (AvgIpc) is 2.39. The molecule has 1 fully saturated rings. The first-order valence-corrected chi connectivity index (χ1v) is 7.58. The molecule has 3 nitrogen and oxygen atoms in total. The summed E-state index contributed by atoms with van der Waals surface area (Å²) in [6, 6.07) is 0.595. The van der Waals surface area contributed by atoms with E-state index in [-0.39, 0.29) is 0 Å². The predicted molar refractivity (Wildman–Crippen MR) is 66.6 cm³/mol. The summed E-state index contributed by atoms with van der Waals surface area (Å²) in [4.78, 5) is 2.45. The SMILES string of the molecule is CC(C)C1CN(CCS(C)=O)CCCN1. The molecule has 90 valence electrons. The quantitative estimate of drug-likeness (QED) is 0.774. The molecule has 15 heavy (non-hydrogen) atoms. The maximum absolute atomic E-state index is 11.1. The summed E-state index contributed by atoms with van der Waals surface area (Å²) in [6.45, 7) is 8.88. The van der Waals surface area contributed by atoms with E-state index < -0.39 is 10.8 Å². The van der Waals surface area contributed by atoms with Crippen LogP contribution in [-0.2, 0) is 10.8 Å². The molecule has 1 rings (SSSR count). The number of hydrogen-bond acceptors (Lipinski definition) is 3. The third-order valence-corrected chi connectivity index (χ3v) is 3.77. The molecule has 2 atom stereocenters. The molecule has 0 spiro atoms. The van der Waals surface area contributed by atoms with Crippen molar-refractivity contribution in [2.45, 2.75) is 26.3 Å². The van der Waals surface area contributed by atoms with Crippen LogP contribution in [-0.4, -0.2) is 53.3 Å². The van der Waals surface area contributed by atoms with Crippen LogP contribution in [0.15, 0.2) is 0 Å². The minimum absolute atomic E-state index is 0.595. The maximum Gasteiger partial charge on any atom is 0.0359 e. The minimum atomic E-state index is -0.657. The van der Waals surface area contributed by atoms with E-state index in [1.165, 1.54) is 6.42 Å². The molecule has 0 aromatic carbocycles. The first-order chi connectivity index (χ1) is 7.09. The number of nitrogens with one attached hydrogen (secondary N) is 1. The van der Waals surface area contributed by atoms with Gasteiger partial charge in [0.2, 0.25) is 0 Å². The molecule has 0 bridgehead atoms. The minimum Gasteiger partial charge on any atom is -0.312 e. The summed E-state index contributed by atoms with van der Waals surface area (Å²) in [6.07, 6.45) is 3.00. The lowest BCUT2D eigenvalue weighted by atomic mass is 10.0. The Morgan fingerprint density at radius 1 is 1.53 bits per heavy atom. The Morgan fingerprint density at radius 3 is 2.87 bits per heavy atom. The van der Waals surface area contributed by atoms with Gasteiger partial charge in [-0.1, -0.05) is 13.8 Å². The molecule has 4 heteroatoms. The van der Waals surface area contributed by atoms with Gasteiger partial charge in [-0.25, -0.2) is 0 Å². The van der Waals surface area contributed by atoms with Gasteiger partial charge in [0, 0.05) is 41.9 Å². The fourth-order valence-electron chi connectivity index (χ4n) is 1.93. The van der Waals surface area contributed by atoms with Gasteiger partial charge in [-0.2, -0.15) is 0 Å². The molecule has 1 aliphatic rings. The van der Waals surface area contributed by atoms with Crippen LogP contribution in [0.3, 0.4) is 0 Å². The van der Waals surface area contributed by atoms with Crippen molar-refractivity contribution in [3.63, 3.8) is 0 Å². The molecular formula is C11H24N2OS. The third kappa shape index (κ3) is 5.09. The Morgan fingerprint density at radius 2 is 2.27 bits per heavy atom. The highest BCUT2D eigenvalue weighted by Crippen LogP contribution is 2.08. The molecule has 1 heterocycles. The van der Waals surface area contributed by atoms with E-state index in [0.29, 0.717) is 12.0 Å². The van der Waals surface area contributed by atoms with E-state index in [4.69, 9.17) is 0 Å². The van der Waals surface area contributed by atoms with E-state index in [2.05, 4.69) is 24.1 Å². The van der Waals surface area contributed by atoms with Gasteiger partial charge in [0.1, 0.15) is 0 Å². The number of rotatable bonds is 4. The highest BCUT2D eigenvalue weighted by atomic mass is 32.2. The van der Waals surface area contributed by atoms with Crippen molar-refractivity contribution in [2.24, 2.45) is 5.92 Å². The lowest BCUT2D eigenvalue weighted by molar-refractivity contribution is 0.258. The second-order valence-corrected chi connectivity index (χ2v) is 6.29. The zero-order valence-electron chi connectivity index (χ0n) is 10.2. The molecule has 1 saturated heterocycles. The summed E-state index contributed by atoms with van der Waals surface area (Å²) >= 11 is 0. The molecule has 0 radical (unpaired) electrons. The molecule has 0 aromatic rings. The second-order valence-electron chi connectivity index (χ2n) is 4.74. The van der Waals surface area contributed by atoms with E-state index in [1.807, 2.05) is 0 Å². The first-order valence-electron chi connectivity index (χ1n) is 5.85. The standard InChI is InChI=1S/C11H24N2OS/c1-10(2)11-9-13(6-4-5-12-11)7-8-15(3)14/h10-12H,4-9H2,1-3H3. The number of hydrogen-bond donors (Lipinski definition) is 1. The molecule has 0 saturated carbocycles. The zero-order valence-corrected chi connectivity index (χ0v) is 11.0. The molecular weight excluding hydrogens is 208 g/mol. The molecule has 1 N–H and O–H groups in total. The van der Waals surface area contributed by atoms with Crippen LogP contribution in [0.5, 0.6) is 0 Å². The Balaban J connectivity index is 2.38. The van der Waals surface area contributed by atoms with Crippen molar-refractivity contribution in [2.75, 3.05) is 38.2 Å². The molecule has 1 aliphatic heterocycles. The smallest absolute Gasteiger partial charge is 0.0359 e. The fourth-order valence-corrected chi connectivity index (χ4v) is 2.45. The zero-order chi connectivity index (χ0) is 11.3. The van der Waals surface area contributed by atoms with Crippen LogP contribution < -0.4 is 5.32 Å². The van der Waals surface area contributed by atoms with Gasteiger partial charge in [0.15, 0.2) is 0 Å². The summed E-state index contributed by atoms with van der Waals surface area (Å²) < 4.78 is 11.1. The Labute approximate surface area is 96.1 Å². The lowest BCUT2D eigenvalue weighted by Crippen LogP contribution is -2.42. The average molecular weight is 232 g/mol. The third-order valence-electron chi connectivity index (χ3n) is 3.01. The highest BCUT2D eigenvalue weighted by molar-refractivity contribution is 7.84. The summed E-state index contributed by atoms with van der Waals surface area (Å²) in [5.41, 5.74) is 0. The van der Waals surface area contributed by atoms with Crippen LogP contribution in [0.1, 0.15) is 20.3 Å². The van der Waals surface area contributed by atoms with E-state index >= 15 is 0 Å². The Kier molecular flexibility index (Phi) is 5.79. The fraction of sp³-hybridized carbons (Fsp3) is 1.00. The summed E-state index contributed by atoms with van der Waals surface area (Å²) in [5, 5.41) is 3.58. The van der Waals surface area contributed by atoms with Crippen molar-refractivity contribution in [3.8, 4) is 0 Å². The molecule has 0 aromatic heterocycles. The van der Waals surface area contributed by atoms with Crippen molar-refractivity contribution < 1.29 is 4.21 Å². The lowest BCUT2D eigenvalue weighted by Gasteiger charge is -2.26. The van der Waals surface area contributed by atoms with Crippen LogP contribution >= 0.6 is 0 Å². The maximum atomic E-state index is 11.1. The Bertz CT molecular complexity index is 209. The van der Waals surface area contributed by atoms with Crippen LogP contribution in [0.25, 0.3) is 0 Å². The van der Waals surface area contributed by atoms with Crippen molar-refractivity contribution >= 4 is 10.8 Å². The van der Waals surface area contributed by atoms with Gasteiger partial charge >= 0.3 is 0 Å². The monoisotopic (exact) mass is 232 g/mol. The number of nitrogens with zero attached hydrogens (tertiary/aromatic N) is 1. The van der Waals surface area contributed by atoms with Crippen LogP contribution in [0, 0.1) is 5.92 Å². The van der Waals surface area contributed by atoms with E-state index in [0.717, 1.165) is 31.9 Å². The van der Waals surface area contributed by atoms with E-state index in [1.54, 1.807) is 6.26 Å². The van der Waals surface area contributed by atoms with Gasteiger partial charge in [0.05, 0.1) is 0 Å². The largest absolute Gasteiger partial charge is 0.312 e. The van der Waals surface area contributed by atoms with E-state index in [9.17, 15) is 4.21 Å². The van der Waals surface area contributed by atoms with Crippen LogP contribution in [0.2, 0.25) is 0 Å². The summed E-state index contributed by atoms with van der Waals surface area (Å²) in [7, 11) is -0.657. The summed E-state index contributed by atoms with van der Waals surface area (Å²) in [5.74, 6) is 1.49. The van der Waals surface area contributed by atoms with Crippen molar-refractivity contribution in [3.05, 3.63) is 0 Å². The van der Waals surface area contributed by atoms with Gasteiger partial charge < -0.3 is 10.2 Å². The normalized spacial score (nSPS) is 26.5. The Hall–Kier alpha value is 0.0700. The predicted octanol–water partition coefficient (Wildman–Crippen LogP) is 0.685. The molecule has 2 unspecified atom stereocenters. The second kappa shape index (κ2) is 6.61. The van der Waals surface area contributed by atoms with Gasteiger partial charge in [-0.05, 0) is 25.4 Å². The molecule has 0 aliphatic carbocycles. The van der Waals surface area contributed by atoms with Crippen molar-refractivity contribution in [1.82, 2.24) is 10.2 Å².